The van der Waals surface area contributed by atoms with Gasteiger partial charge < -0.3 is 10.5 Å². The van der Waals surface area contributed by atoms with Gasteiger partial charge in [0.2, 0.25) is 0 Å². The van der Waals surface area contributed by atoms with E-state index in [9.17, 15) is 0 Å². The molecule has 17 heavy (non-hydrogen) atoms. The maximum Gasteiger partial charge on any atom is 0.0565 e. The van der Waals surface area contributed by atoms with E-state index >= 15 is 0 Å². The van der Waals surface area contributed by atoms with Gasteiger partial charge in [-0.15, -0.1) is 0 Å². The first-order valence-electron chi connectivity index (χ1n) is 7.14. The molecule has 1 aliphatic heterocycles. The van der Waals surface area contributed by atoms with E-state index in [2.05, 4.69) is 32.6 Å². The molecule has 3 heteroatoms. The molecule has 2 N–H and O–H groups in total. The Hall–Kier alpha value is -0.120. The van der Waals surface area contributed by atoms with Crippen LogP contribution in [0.5, 0.6) is 0 Å². The van der Waals surface area contributed by atoms with Gasteiger partial charge in [0.05, 0.1) is 6.10 Å². The SMILES string of the molecule is CCC(C)CN(CC)C1(CN)CCOC(C)C1. The van der Waals surface area contributed by atoms with Crippen LogP contribution in [0.3, 0.4) is 0 Å². The van der Waals surface area contributed by atoms with E-state index in [-0.39, 0.29) is 5.54 Å². The number of hydrogen-bond donors (Lipinski definition) is 1. The smallest absolute Gasteiger partial charge is 0.0565 e. The second-order valence-electron chi connectivity index (χ2n) is 5.62. The maximum atomic E-state index is 6.10. The third-order valence-corrected chi connectivity index (χ3v) is 4.30. The Bertz CT molecular complexity index is 222. The Kier molecular flexibility index (Phi) is 5.90. The van der Waals surface area contributed by atoms with Crippen molar-refractivity contribution < 1.29 is 4.74 Å². The summed E-state index contributed by atoms with van der Waals surface area (Å²) in [6.45, 7) is 12.9. The number of nitrogens with two attached hydrogens (primary N) is 1. The van der Waals surface area contributed by atoms with Crippen LogP contribution in [0.15, 0.2) is 0 Å². The molecule has 3 nitrogen and oxygen atoms in total. The summed E-state index contributed by atoms with van der Waals surface area (Å²) in [4.78, 5) is 2.60. The Morgan fingerprint density at radius 1 is 1.47 bits per heavy atom. The van der Waals surface area contributed by atoms with Crippen LogP contribution in [0.1, 0.15) is 47.0 Å². The van der Waals surface area contributed by atoms with Gasteiger partial charge in [-0.25, -0.2) is 0 Å². The van der Waals surface area contributed by atoms with Gasteiger partial charge in [0, 0.05) is 25.2 Å². The van der Waals surface area contributed by atoms with E-state index < -0.39 is 0 Å². The summed E-state index contributed by atoms with van der Waals surface area (Å²) in [5.41, 5.74) is 6.27. The fraction of sp³-hybridized carbons (Fsp3) is 1.00. The zero-order valence-corrected chi connectivity index (χ0v) is 12.0. The molecule has 102 valence electrons. The highest BCUT2D eigenvalue weighted by atomic mass is 16.5. The number of rotatable bonds is 6. The molecule has 0 saturated carbocycles. The highest BCUT2D eigenvalue weighted by Crippen LogP contribution is 2.31. The Morgan fingerprint density at radius 3 is 2.65 bits per heavy atom. The average Bonchev–Trinajstić information content (AvgIpc) is 2.35. The minimum absolute atomic E-state index is 0.176. The Balaban J connectivity index is 2.73. The Morgan fingerprint density at radius 2 is 2.18 bits per heavy atom. The molecule has 1 heterocycles. The van der Waals surface area contributed by atoms with E-state index in [1.54, 1.807) is 0 Å². The van der Waals surface area contributed by atoms with Crippen LogP contribution in [-0.4, -0.2) is 42.8 Å². The van der Waals surface area contributed by atoms with Crippen molar-refractivity contribution in [3.05, 3.63) is 0 Å². The van der Waals surface area contributed by atoms with E-state index in [4.69, 9.17) is 10.5 Å². The summed E-state index contributed by atoms with van der Waals surface area (Å²) < 4.78 is 5.68. The van der Waals surface area contributed by atoms with E-state index in [1.807, 2.05) is 0 Å². The van der Waals surface area contributed by atoms with Crippen molar-refractivity contribution in [3.63, 3.8) is 0 Å². The van der Waals surface area contributed by atoms with Gasteiger partial charge in [-0.2, -0.15) is 0 Å². The van der Waals surface area contributed by atoms with Crippen LogP contribution in [0.2, 0.25) is 0 Å². The second-order valence-corrected chi connectivity index (χ2v) is 5.62. The standard InChI is InChI=1S/C14H30N2O/c1-5-12(3)10-16(6-2)14(11-15)7-8-17-13(4)9-14/h12-13H,5-11,15H2,1-4H3. The molecule has 0 amide bonds. The molecule has 0 spiro atoms. The number of likely N-dealkylation sites (N-methyl/N-ethyl adjacent to an activating group) is 1. The minimum atomic E-state index is 0.176. The van der Waals surface area contributed by atoms with Crippen molar-refractivity contribution >= 4 is 0 Å². The molecule has 1 saturated heterocycles. The fourth-order valence-corrected chi connectivity index (χ4v) is 2.91. The van der Waals surface area contributed by atoms with Crippen LogP contribution in [-0.2, 0) is 4.74 Å². The highest BCUT2D eigenvalue weighted by Gasteiger charge is 2.39. The van der Waals surface area contributed by atoms with Crippen LogP contribution < -0.4 is 5.73 Å². The van der Waals surface area contributed by atoms with Crippen LogP contribution in [0, 0.1) is 5.92 Å². The van der Waals surface area contributed by atoms with Gasteiger partial charge in [-0.1, -0.05) is 27.2 Å². The molecule has 0 radical (unpaired) electrons. The normalized spacial score (nSPS) is 31.8. The summed E-state index contributed by atoms with van der Waals surface area (Å²) in [6.07, 6.45) is 3.74. The predicted molar refractivity (Wildman–Crippen MR) is 73.1 cm³/mol. The molecule has 0 aromatic rings. The third kappa shape index (κ3) is 3.67. The Labute approximate surface area is 107 Å². The van der Waals surface area contributed by atoms with Crippen molar-refractivity contribution in [2.45, 2.75) is 58.6 Å². The first-order valence-corrected chi connectivity index (χ1v) is 7.14. The fourth-order valence-electron chi connectivity index (χ4n) is 2.91. The first-order chi connectivity index (χ1) is 8.07. The minimum Gasteiger partial charge on any atom is -0.378 e. The predicted octanol–water partition coefficient (Wildman–Crippen LogP) is 2.25. The van der Waals surface area contributed by atoms with Crippen molar-refractivity contribution in [1.82, 2.24) is 4.90 Å². The average molecular weight is 242 g/mol. The van der Waals surface area contributed by atoms with Gasteiger partial charge in [0.15, 0.2) is 0 Å². The highest BCUT2D eigenvalue weighted by molar-refractivity contribution is 4.95. The molecule has 3 unspecified atom stereocenters. The van der Waals surface area contributed by atoms with E-state index in [0.29, 0.717) is 6.10 Å². The summed E-state index contributed by atoms with van der Waals surface area (Å²) in [6, 6.07) is 0. The van der Waals surface area contributed by atoms with Crippen molar-refractivity contribution in [2.24, 2.45) is 11.7 Å². The largest absolute Gasteiger partial charge is 0.378 e. The lowest BCUT2D eigenvalue weighted by Gasteiger charge is -2.48. The summed E-state index contributed by atoms with van der Waals surface area (Å²) in [5, 5.41) is 0. The second kappa shape index (κ2) is 6.72. The quantitative estimate of drug-likeness (QED) is 0.776. The molecule has 0 bridgehead atoms. The van der Waals surface area contributed by atoms with Gasteiger partial charge >= 0.3 is 0 Å². The molecular weight excluding hydrogens is 212 g/mol. The lowest BCUT2D eigenvalue weighted by atomic mass is 9.84. The van der Waals surface area contributed by atoms with Gasteiger partial charge in [-0.3, -0.25) is 4.90 Å². The number of nitrogens with zero attached hydrogens (tertiary/aromatic N) is 1. The van der Waals surface area contributed by atoms with Gasteiger partial charge in [0.25, 0.3) is 0 Å². The summed E-state index contributed by atoms with van der Waals surface area (Å²) in [5.74, 6) is 0.747. The van der Waals surface area contributed by atoms with Crippen LogP contribution >= 0.6 is 0 Å². The van der Waals surface area contributed by atoms with Crippen molar-refractivity contribution in [2.75, 3.05) is 26.2 Å². The summed E-state index contributed by atoms with van der Waals surface area (Å²) >= 11 is 0. The van der Waals surface area contributed by atoms with Gasteiger partial charge in [-0.05, 0) is 32.2 Å². The lowest BCUT2D eigenvalue weighted by molar-refractivity contribution is -0.0658. The van der Waals surface area contributed by atoms with Crippen molar-refractivity contribution in [3.8, 4) is 0 Å². The van der Waals surface area contributed by atoms with E-state index in [0.717, 1.165) is 45.0 Å². The monoisotopic (exact) mass is 242 g/mol. The molecule has 0 aromatic carbocycles. The molecule has 3 atom stereocenters. The zero-order chi connectivity index (χ0) is 12.9. The maximum absolute atomic E-state index is 6.10. The number of ether oxygens (including phenoxy) is 1. The lowest BCUT2D eigenvalue weighted by Crippen LogP contribution is -2.59. The molecule has 1 aliphatic rings. The van der Waals surface area contributed by atoms with Crippen molar-refractivity contribution in [1.29, 1.82) is 0 Å². The first kappa shape index (κ1) is 14.9. The molecular formula is C14H30N2O. The third-order valence-electron chi connectivity index (χ3n) is 4.30. The summed E-state index contributed by atoms with van der Waals surface area (Å²) in [7, 11) is 0. The van der Waals surface area contributed by atoms with Gasteiger partial charge in [0.1, 0.15) is 0 Å². The zero-order valence-electron chi connectivity index (χ0n) is 12.0. The van der Waals surface area contributed by atoms with E-state index in [1.165, 1.54) is 6.42 Å². The number of hydrogen-bond acceptors (Lipinski definition) is 3. The molecule has 0 aromatic heterocycles. The molecule has 1 rings (SSSR count). The molecule has 0 aliphatic carbocycles. The topological polar surface area (TPSA) is 38.5 Å². The van der Waals surface area contributed by atoms with Crippen LogP contribution in [0.25, 0.3) is 0 Å². The van der Waals surface area contributed by atoms with Crippen LogP contribution in [0.4, 0.5) is 0 Å². The molecule has 1 fully saturated rings.